The summed E-state index contributed by atoms with van der Waals surface area (Å²) in [7, 11) is 0. The van der Waals surface area contributed by atoms with Crippen molar-refractivity contribution in [1.29, 1.82) is 0 Å². The lowest BCUT2D eigenvalue weighted by atomic mass is 9.73. The van der Waals surface area contributed by atoms with Gasteiger partial charge in [0.15, 0.2) is 0 Å². The fraction of sp³-hybridized carbons (Fsp3) is 0.889. The van der Waals surface area contributed by atoms with E-state index in [1.807, 2.05) is 27.7 Å². The Bertz CT molecular complexity index is 404. The van der Waals surface area contributed by atoms with Gasteiger partial charge in [-0.2, -0.15) is 0 Å². The van der Waals surface area contributed by atoms with Crippen LogP contribution < -0.4 is 0 Å². The quantitative estimate of drug-likeness (QED) is 0.716. The Morgan fingerprint density at radius 2 is 1.74 bits per heavy atom. The van der Waals surface area contributed by atoms with Crippen molar-refractivity contribution in [2.24, 2.45) is 11.3 Å². The molecule has 1 fully saturated rings. The first-order valence-corrected chi connectivity index (χ1v) is 8.75. The number of rotatable bonds is 5. The minimum Gasteiger partial charge on any atom is -0.466 e. The highest BCUT2D eigenvalue weighted by Crippen LogP contribution is 2.39. The first-order chi connectivity index (χ1) is 10.6. The smallest absolute Gasteiger partial charge is 0.410 e. The van der Waals surface area contributed by atoms with E-state index in [0.717, 1.165) is 12.8 Å². The van der Waals surface area contributed by atoms with Crippen molar-refractivity contribution in [1.82, 2.24) is 4.90 Å². The van der Waals surface area contributed by atoms with E-state index in [1.54, 1.807) is 4.90 Å². The van der Waals surface area contributed by atoms with E-state index in [4.69, 9.17) is 9.47 Å². The SMILES string of the molecule is CCOC(=O)C1(CCC(C)C)CCN(C(=O)OC(C)(C)C)CC1. The van der Waals surface area contributed by atoms with Gasteiger partial charge < -0.3 is 14.4 Å². The number of nitrogens with zero attached hydrogens (tertiary/aromatic N) is 1. The van der Waals surface area contributed by atoms with Gasteiger partial charge in [0.2, 0.25) is 0 Å². The number of amides is 1. The number of ether oxygens (including phenoxy) is 2. The maximum Gasteiger partial charge on any atom is 0.410 e. The Morgan fingerprint density at radius 3 is 2.17 bits per heavy atom. The number of carbonyl (C=O) groups excluding carboxylic acids is 2. The Morgan fingerprint density at radius 1 is 1.17 bits per heavy atom. The summed E-state index contributed by atoms with van der Waals surface area (Å²) in [5.41, 5.74) is -0.941. The predicted molar refractivity (Wildman–Crippen MR) is 90.2 cm³/mol. The Hall–Kier alpha value is -1.26. The second-order valence-electron chi connectivity index (χ2n) is 7.90. The van der Waals surface area contributed by atoms with E-state index < -0.39 is 11.0 Å². The summed E-state index contributed by atoms with van der Waals surface area (Å²) in [6.07, 6.45) is 2.82. The van der Waals surface area contributed by atoms with Crippen LogP contribution in [0.25, 0.3) is 0 Å². The van der Waals surface area contributed by atoms with E-state index >= 15 is 0 Å². The molecule has 0 radical (unpaired) electrons. The van der Waals surface area contributed by atoms with Crippen molar-refractivity contribution < 1.29 is 19.1 Å². The van der Waals surface area contributed by atoms with Crippen molar-refractivity contribution in [2.45, 2.75) is 72.8 Å². The summed E-state index contributed by atoms with van der Waals surface area (Å²) in [6, 6.07) is 0. The lowest BCUT2D eigenvalue weighted by Crippen LogP contribution is -2.48. The summed E-state index contributed by atoms with van der Waals surface area (Å²) in [4.78, 5) is 26.4. The maximum atomic E-state index is 12.5. The molecule has 0 aliphatic carbocycles. The largest absolute Gasteiger partial charge is 0.466 e. The highest BCUT2D eigenvalue weighted by atomic mass is 16.6. The zero-order valence-electron chi connectivity index (χ0n) is 15.6. The van der Waals surface area contributed by atoms with E-state index in [-0.39, 0.29) is 12.1 Å². The standard InChI is InChI=1S/C18H33NO4/c1-7-22-15(20)18(9-8-14(2)3)10-12-19(13-11-18)16(21)23-17(4,5)6/h14H,7-13H2,1-6H3. The molecule has 1 saturated heterocycles. The molecule has 0 unspecified atom stereocenters. The molecular weight excluding hydrogens is 294 g/mol. The van der Waals surface area contributed by atoms with Crippen LogP contribution in [0.3, 0.4) is 0 Å². The van der Waals surface area contributed by atoms with Crippen LogP contribution in [-0.4, -0.2) is 42.3 Å². The molecule has 0 aromatic heterocycles. The fourth-order valence-corrected chi connectivity index (χ4v) is 2.85. The summed E-state index contributed by atoms with van der Waals surface area (Å²) in [5.74, 6) is 0.440. The van der Waals surface area contributed by atoms with Crippen LogP contribution in [0, 0.1) is 11.3 Å². The average molecular weight is 327 g/mol. The van der Waals surface area contributed by atoms with E-state index in [1.165, 1.54) is 0 Å². The van der Waals surface area contributed by atoms with Gasteiger partial charge in [-0.25, -0.2) is 4.79 Å². The molecule has 1 aliphatic heterocycles. The maximum absolute atomic E-state index is 12.5. The minimum absolute atomic E-state index is 0.107. The molecule has 23 heavy (non-hydrogen) atoms. The van der Waals surface area contributed by atoms with E-state index in [0.29, 0.717) is 38.5 Å². The zero-order chi connectivity index (χ0) is 17.7. The molecule has 0 atom stereocenters. The number of piperidine rings is 1. The summed E-state index contributed by atoms with van der Waals surface area (Å²) >= 11 is 0. The van der Waals surface area contributed by atoms with Crippen LogP contribution >= 0.6 is 0 Å². The number of likely N-dealkylation sites (tertiary alicyclic amines) is 1. The first-order valence-electron chi connectivity index (χ1n) is 8.75. The van der Waals surface area contributed by atoms with Gasteiger partial charge in [-0.05, 0) is 59.3 Å². The second kappa shape index (κ2) is 8.02. The first kappa shape index (κ1) is 19.8. The van der Waals surface area contributed by atoms with Gasteiger partial charge in [0, 0.05) is 13.1 Å². The Balaban J connectivity index is 2.71. The normalized spacial score (nSPS) is 18.0. The highest BCUT2D eigenvalue weighted by molar-refractivity contribution is 5.77. The van der Waals surface area contributed by atoms with Crippen LogP contribution in [0.2, 0.25) is 0 Å². The van der Waals surface area contributed by atoms with Crippen molar-refractivity contribution in [3.63, 3.8) is 0 Å². The molecule has 1 rings (SSSR count). The molecule has 0 spiro atoms. The van der Waals surface area contributed by atoms with Gasteiger partial charge in [-0.1, -0.05) is 13.8 Å². The fourth-order valence-electron chi connectivity index (χ4n) is 2.85. The van der Waals surface area contributed by atoms with Crippen molar-refractivity contribution in [2.75, 3.05) is 19.7 Å². The van der Waals surface area contributed by atoms with Gasteiger partial charge in [0.25, 0.3) is 0 Å². The van der Waals surface area contributed by atoms with Crippen LogP contribution in [0.5, 0.6) is 0 Å². The predicted octanol–water partition coefficient (Wildman–Crippen LogP) is 4.00. The molecule has 0 N–H and O–H groups in total. The third-order valence-electron chi connectivity index (χ3n) is 4.28. The van der Waals surface area contributed by atoms with Gasteiger partial charge in [-0.15, -0.1) is 0 Å². The zero-order valence-corrected chi connectivity index (χ0v) is 15.6. The van der Waals surface area contributed by atoms with Gasteiger partial charge >= 0.3 is 12.1 Å². The summed E-state index contributed by atoms with van der Waals surface area (Å²) < 4.78 is 10.7. The molecule has 0 aromatic carbocycles. The lowest BCUT2D eigenvalue weighted by molar-refractivity contribution is -0.159. The monoisotopic (exact) mass is 327 g/mol. The lowest BCUT2D eigenvalue weighted by Gasteiger charge is -2.40. The molecule has 5 heteroatoms. The molecule has 0 bridgehead atoms. The third-order valence-corrected chi connectivity index (χ3v) is 4.28. The van der Waals surface area contributed by atoms with Crippen LogP contribution in [-0.2, 0) is 14.3 Å². The van der Waals surface area contributed by atoms with E-state index in [9.17, 15) is 9.59 Å². The van der Waals surface area contributed by atoms with Gasteiger partial charge in [0.05, 0.1) is 12.0 Å². The molecule has 134 valence electrons. The summed E-state index contributed by atoms with van der Waals surface area (Å²) in [6.45, 7) is 13.2. The molecule has 5 nitrogen and oxygen atoms in total. The second-order valence-corrected chi connectivity index (χ2v) is 7.90. The van der Waals surface area contributed by atoms with Crippen molar-refractivity contribution >= 4 is 12.1 Å². The Labute approximate surface area is 140 Å². The number of esters is 1. The number of hydrogen-bond donors (Lipinski definition) is 0. The molecule has 1 aliphatic rings. The molecule has 1 heterocycles. The van der Waals surface area contributed by atoms with Gasteiger partial charge in [0.1, 0.15) is 5.60 Å². The molecular formula is C18H33NO4. The Kier molecular flexibility index (Phi) is 6.90. The molecule has 1 amide bonds. The molecule has 0 aromatic rings. The van der Waals surface area contributed by atoms with Crippen LogP contribution in [0.1, 0.15) is 67.2 Å². The minimum atomic E-state index is -0.496. The summed E-state index contributed by atoms with van der Waals surface area (Å²) in [5, 5.41) is 0. The number of hydrogen-bond acceptors (Lipinski definition) is 4. The average Bonchev–Trinajstić information content (AvgIpc) is 2.44. The van der Waals surface area contributed by atoms with Crippen LogP contribution in [0.15, 0.2) is 0 Å². The van der Waals surface area contributed by atoms with Crippen molar-refractivity contribution in [3.05, 3.63) is 0 Å². The van der Waals surface area contributed by atoms with E-state index in [2.05, 4.69) is 13.8 Å². The highest BCUT2D eigenvalue weighted by Gasteiger charge is 2.43. The van der Waals surface area contributed by atoms with Gasteiger partial charge in [-0.3, -0.25) is 4.79 Å². The molecule has 0 saturated carbocycles. The number of carbonyl (C=O) groups is 2. The third kappa shape index (κ3) is 6.04. The van der Waals surface area contributed by atoms with Crippen molar-refractivity contribution in [3.8, 4) is 0 Å². The van der Waals surface area contributed by atoms with Crippen LogP contribution in [0.4, 0.5) is 4.79 Å². The topological polar surface area (TPSA) is 55.8 Å².